The fourth-order valence-electron chi connectivity index (χ4n) is 1.81. The average Bonchev–Trinajstić information content (AvgIpc) is 2.85. The van der Waals surface area contributed by atoms with Crippen molar-refractivity contribution in [3.05, 3.63) is 54.4 Å². The first-order valence-electron chi connectivity index (χ1n) is 6.22. The monoisotopic (exact) mass is 244 g/mol. The van der Waals surface area contributed by atoms with Crippen LogP contribution in [-0.4, -0.2) is 17.0 Å². The molecule has 0 saturated heterocycles. The number of amides is 1. The number of rotatable bonds is 2. The lowest BCUT2D eigenvalue weighted by atomic mass is 10.2. The lowest BCUT2D eigenvalue weighted by Crippen LogP contribution is -2.24. The highest BCUT2D eigenvalue weighted by atomic mass is 16.1. The molecule has 3 nitrogen and oxygen atoms in total. The molecular weight excluding hydrogens is 224 g/mol. The first kappa shape index (κ1) is 14.0. The Hall–Kier alpha value is -2.03. The standard InChI is InChI=1S/C13H14N2O.C2H6/c1-3-6-11-10(4-2)9-14-13(16)12-7-5-8-15(11)12;1-2/h3-8H,2,9H2,1H3,(H,14,16);1-2H3/b6-3-;. The highest BCUT2D eigenvalue weighted by Crippen LogP contribution is 2.20. The smallest absolute Gasteiger partial charge is 0.268 e. The molecule has 1 aromatic heterocycles. The molecule has 1 aliphatic rings. The maximum atomic E-state index is 11.8. The van der Waals surface area contributed by atoms with Crippen molar-refractivity contribution in [1.82, 2.24) is 9.88 Å². The van der Waals surface area contributed by atoms with Gasteiger partial charge in [0, 0.05) is 12.7 Å². The minimum absolute atomic E-state index is 0.0520. The van der Waals surface area contributed by atoms with Crippen LogP contribution in [0.3, 0.4) is 0 Å². The van der Waals surface area contributed by atoms with Gasteiger partial charge in [-0.3, -0.25) is 4.79 Å². The summed E-state index contributed by atoms with van der Waals surface area (Å²) in [5.74, 6) is -0.0520. The van der Waals surface area contributed by atoms with Crippen molar-refractivity contribution in [2.75, 3.05) is 6.54 Å². The molecule has 0 radical (unpaired) electrons. The second-order valence-electron chi connectivity index (χ2n) is 3.56. The van der Waals surface area contributed by atoms with E-state index in [1.807, 2.05) is 55.8 Å². The predicted octanol–water partition coefficient (Wildman–Crippen LogP) is 3.23. The number of allylic oxidation sites excluding steroid dienone is 3. The van der Waals surface area contributed by atoms with Gasteiger partial charge in [-0.1, -0.05) is 32.6 Å². The first-order chi connectivity index (χ1) is 8.77. The Bertz CT molecular complexity index is 492. The quantitative estimate of drug-likeness (QED) is 0.851. The number of fused-ring (bicyclic) bond motifs is 1. The van der Waals surface area contributed by atoms with Crippen molar-refractivity contribution >= 4 is 11.6 Å². The highest BCUT2D eigenvalue weighted by Gasteiger charge is 2.17. The molecule has 0 spiro atoms. The van der Waals surface area contributed by atoms with Crippen LogP contribution in [0.4, 0.5) is 0 Å². The van der Waals surface area contributed by atoms with Gasteiger partial charge in [0.2, 0.25) is 0 Å². The lowest BCUT2D eigenvalue weighted by Gasteiger charge is -2.08. The fraction of sp³-hybridized carbons (Fsp3) is 0.267. The van der Waals surface area contributed by atoms with E-state index < -0.39 is 0 Å². The van der Waals surface area contributed by atoms with Crippen LogP contribution >= 0.6 is 0 Å². The summed E-state index contributed by atoms with van der Waals surface area (Å²) in [5, 5.41) is 2.85. The number of nitrogens with one attached hydrogen (secondary N) is 1. The molecule has 2 rings (SSSR count). The SMILES string of the molecule is C=CC1=C(/C=C\C)n2cccc2C(=O)NC1.CC. The second kappa shape index (κ2) is 6.64. The van der Waals surface area contributed by atoms with E-state index in [2.05, 4.69) is 11.9 Å². The summed E-state index contributed by atoms with van der Waals surface area (Å²) in [6.07, 6.45) is 7.61. The van der Waals surface area contributed by atoms with E-state index in [4.69, 9.17) is 0 Å². The minimum atomic E-state index is -0.0520. The largest absolute Gasteiger partial charge is 0.347 e. The highest BCUT2D eigenvalue weighted by molar-refractivity contribution is 5.95. The van der Waals surface area contributed by atoms with E-state index in [-0.39, 0.29) is 5.91 Å². The Balaban J connectivity index is 0.000000771. The molecule has 1 N–H and O–H groups in total. The van der Waals surface area contributed by atoms with E-state index in [0.29, 0.717) is 12.2 Å². The van der Waals surface area contributed by atoms with Crippen LogP contribution in [0.1, 0.15) is 31.3 Å². The van der Waals surface area contributed by atoms with E-state index in [1.54, 1.807) is 6.08 Å². The molecule has 1 aromatic rings. The van der Waals surface area contributed by atoms with Crippen molar-refractivity contribution in [1.29, 1.82) is 0 Å². The van der Waals surface area contributed by atoms with Crippen LogP contribution < -0.4 is 5.32 Å². The van der Waals surface area contributed by atoms with Gasteiger partial charge < -0.3 is 9.88 Å². The fourth-order valence-corrected chi connectivity index (χ4v) is 1.81. The number of carbonyl (C=O) groups is 1. The summed E-state index contributed by atoms with van der Waals surface area (Å²) in [5.41, 5.74) is 2.67. The lowest BCUT2D eigenvalue weighted by molar-refractivity contribution is 0.0952. The van der Waals surface area contributed by atoms with Crippen LogP contribution in [0.15, 0.2) is 48.7 Å². The molecule has 0 aromatic carbocycles. The van der Waals surface area contributed by atoms with Gasteiger partial charge >= 0.3 is 0 Å². The molecule has 0 atom stereocenters. The molecular formula is C15H20N2O. The zero-order valence-corrected chi connectivity index (χ0v) is 11.2. The summed E-state index contributed by atoms with van der Waals surface area (Å²) < 4.78 is 1.89. The van der Waals surface area contributed by atoms with Gasteiger partial charge in [0.05, 0.1) is 5.70 Å². The van der Waals surface area contributed by atoms with Gasteiger partial charge in [0.1, 0.15) is 5.69 Å². The Morgan fingerprint density at radius 3 is 2.78 bits per heavy atom. The Kier molecular flexibility index (Phi) is 5.18. The summed E-state index contributed by atoms with van der Waals surface area (Å²) in [7, 11) is 0. The van der Waals surface area contributed by atoms with Crippen LogP contribution in [-0.2, 0) is 0 Å². The van der Waals surface area contributed by atoms with E-state index >= 15 is 0 Å². The van der Waals surface area contributed by atoms with Crippen molar-refractivity contribution in [3.63, 3.8) is 0 Å². The molecule has 0 unspecified atom stereocenters. The van der Waals surface area contributed by atoms with Gasteiger partial charge in [0.25, 0.3) is 5.91 Å². The van der Waals surface area contributed by atoms with Crippen molar-refractivity contribution in [2.45, 2.75) is 20.8 Å². The minimum Gasteiger partial charge on any atom is -0.347 e. The number of nitrogens with zero attached hydrogens (tertiary/aromatic N) is 1. The number of aromatic nitrogens is 1. The molecule has 18 heavy (non-hydrogen) atoms. The molecule has 1 amide bonds. The van der Waals surface area contributed by atoms with Crippen LogP contribution in [0.25, 0.3) is 5.70 Å². The maximum absolute atomic E-state index is 11.8. The van der Waals surface area contributed by atoms with Crippen molar-refractivity contribution in [2.24, 2.45) is 0 Å². The van der Waals surface area contributed by atoms with Crippen molar-refractivity contribution < 1.29 is 4.79 Å². The summed E-state index contributed by atoms with van der Waals surface area (Å²) in [4.78, 5) is 11.8. The Morgan fingerprint density at radius 2 is 2.17 bits per heavy atom. The molecule has 96 valence electrons. The van der Waals surface area contributed by atoms with Crippen LogP contribution in [0, 0.1) is 0 Å². The Morgan fingerprint density at radius 1 is 1.44 bits per heavy atom. The number of carbonyl (C=O) groups excluding carboxylic acids is 1. The first-order valence-corrected chi connectivity index (χ1v) is 6.22. The molecule has 0 fully saturated rings. The van der Waals surface area contributed by atoms with Crippen LogP contribution in [0.2, 0.25) is 0 Å². The van der Waals surface area contributed by atoms with Crippen molar-refractivity contribution in [3.8, 4) is 0 Å². The second-order valence-corrected chi connectivity index (χ2v) is 3.56. The van der Waals surface area contributed by atoms with Gasteiger partial charge in [-0.05, 0) is 30.7 Å². The zero-order valence-electron chi connectivity index (χ0n) is 11.2. The van der Waals surface area contributed by atoms with Gasteiger partial charge in [-0.25, -0.2) is 0 Å². The normalized spacial score (nSPS) is 14.5. The number of hydrogen-bond acceptors (Lipinski definition) is 1. The third kappa shape index (κ3) is 2.62. The molecule has 0 bridgehead atoms. The van der Waals surface area contributed by atoms with E-state index in [0.717, 1.165) is 11.3 Å². The summed E-state index contributed by atoms with van der Waals surface area (Å²) >= 11 is 0. The number of hydrogen-bond donors (Lipinski definition) is 1. The molecule has 0 aliphatic carbocycles. The average molecular weight is 244 g/mol. The van der Waals surface area contributed by atoms with E-state index in [9.17, 15) is 4.79 Å². The molecule has 2 heterocycles. The predicted molar refractivity (Wildman–Crippen MR) is 76.3 cm³/mol. The van der Waals surface area contributed by atoms with Crippen LogP contribution in [0.5, 0.6) is 0 Å². The summed E-state index contributed by atoms with van der Waals surface area (Å²) in [6.45, 7) is 10.3. The molecule has 1 aliphatic heterocycles. The van der Waals surface area contributed by atoms with Gasteiger partial charge in [0.15, 0.2) is 0 Å². The van der Waals surface area contributed by atoms with E-state index in [1.165, 1.54) is 0 Å². The third-order valence-corrected chi connectivity index (χ3v) is 2.58. The van der Waals surface area contributed by atoms with Gasteiger partial charge in [-0.2, -0.15) is 0 Å². The Labute approximate surface area is 109 Å². The zero-order chi connectivity index (χ0) is 13.5. The third-order valence-electron chi connectivity index (χ3n) is 2.58. The molecule has 0 saturated carbocycles. The summed E-state index contributed by atoms with van der Waals surface area (Å²) in [6, 6.07) is 3.68. The van der Waals surface area contributed by atoms with Gasteiger partial charge in [-0.15, -0.1) is 0 Å². The topological polar surface area (TPSA) is 34.0 Å². The maximum Gasteiger partial charge on any atom is 0.268 e. The molecule has 3 heteroatoms.